The van der Waals surface area contributed by atoms with Crippen molar-refractivity contribution >= 4 is 27.6 Å². The number of amides is 1. The second-order valence-corrected chi connectivity index (χ2v) is 9.70. The maximum atomic E-state index is 12.3. The maximum absolute atomic E-state index is 12.3. The zero-order chi connectivity index (χ0) is 20.3. The Labute approximate surface area is 166 Å². The van der Waals surface area contributed by atoms with Crippen LogP contribution < -0.4 is 9.62 Å². The van der Waals surface area contributed by atoms with Crippen molar-refractivity contribution < 1.29 is 22.7 Å². The molecule has 2 atom stereocenters. The van der Waals surface area contributed by atoms with Crippen molar-refractivity contribution in [2.45, 2.75) is 51.5 Å². The van der Waals surface area contributed by atoms with E-state index in [-0.39, 0.29) is 18.6 Å². The monoisotopic (exact) mass is 408 g/mol. The predicted molar refractivity (Wildman–Crippen MR) is 107 cm³/mol. The highest BCUT2D eigenvalue weighted by Gasteiger charge is 2.26. The van der Waals surface area contributed by atoms with Gasteiger partial charge in [0.1, 0.15) is 0 Å². The van der Waals surface area contributed by atoms with Crippen LogP contribution in [0.2, 0.25) is 0 Å². The second-order valence-electron chi connectivity index (χ2n) is 7.79. The van der Waals surface area contributed by atoms with E-state index >= 15 is 0 Å². The molecule has 1 fully saturated rings. The van der Waals surface area contributed by atoms with Gasteiger partial charge in [0.15, 0.2) is 6.61 Å². The fourth-order valence-corrected chi connectivity index (χ4v) is 5.02. The second kappa shape index (κ2) is 8.51. The minimum absolute atomic E-state index is 0.144. The molecule has 0 radical (unpaired) electrons. The summed E-state index contributed by atoms with van der Waals surface area (Å²) in [5.41, 5.74) is 1.73. The Balaban J connectivity index is 1.60. The molecule has 0 unspecified atom stereocenters. The van der Waals surface area contributed by atoms with E-state index in [9.17, 15) is 18.0 Å². The molecule has 1 aliphatic heterocycles. The Morgan fingerprint density at radius 2 is 1.96 bits per heavy atom. The first-order valence-corrected chi connectivity index (χ1v) is 11.7. The van der Waals surface area contributed by atoms with Gasteiger partial charge < -0.3 is 10.1 Å². The number of fused-ring (bicyclic) bond motifs is 1. The Morgan fingerprint density at radius 3 is 2.68 bits per heavy atom. The molecule has 2 aliphatic rings. The van der Waals surface area contributed by atoms with Gasteiger partial charge in [0.2, 0.25) is 10.0 Å². The SMILES string of the molecule is C[C@@H]1CCCC[C@@H]1NC(=O)COC(=O)c1ccc2c(c1)CCCN2S(C)(=O)=O. The van der Waals surface area contributed by atoms with Crippen molar-refractivity contribution in [3.8, 4) is 0 Å². The fraction of sp³-hybridized carbons (Fsp3) is 0.600. The largest absolute Gasteiger partial charge is 0.452 e. The van der Waals surface area contributed by atoms with E-state index in [1.54, 1.807) is 18.2 Å². The molecule has 7 nitrogen and oxygen atoms in total. The molecule has 1 aromatic carbocycles. The number of anilines is 1. The van der Waals surface area contributed by atoms with E-state index in [4.69, 9.17) is 4.74 Å². The first-order valence-electron chi connectivity index (χ1n) is 9.83. The van der Waals surface area contributed by atoms with Crippen LogP contribution in [0.25, 0.3) is 0 Å². The summed E-state index contributed by atoms with van der Waals surface area (Å²) in [6.07, 6.45) is 6.93. The van der Waals surface area contributed by atoms with Crippen LogP contribution in [-0.2, 0) is 26.0 Å². The van der Waals surface area contributed by atoms with Crippen LogP contribution in [-0.4, -0.2) is 45.7 Å². The molecule has 1 aromatic rings. The quantitative estimate of drug-likeness (QED) is 0.755. The Bertz CT molecular complexity index is 852. The molecule has 0 spiro atoms. The van der Waals surface area contributed by atoms with Gasteiger partial charge in [-0.3, -0.25) is 9.10 Å². The molecule has 1 saturated carbocycles. The van der Waals surface area contributed by atoms with Crippen molar-refractivity contribution in [2.24, 2.45) is 5.92 Å². The highest BCUT2D eigenvalue weighted by Crippen LogP contribution is 2.30. The summed E-state index contributed by atoms with van der Waals surface area (Å²) >= 11 is 0. The van der Waals surface area contributed by atoms with Crippen molar-refractivity contribution in [3.05, 3.63) is 29.3 Å². The Morgan fingerprint density at radius 1 is 1.21 bits per heavy atom. The standard InChI is InChI=1S/C20H28N2O5S/c1-14-6-3-4-8-17(14)21-19(23)13-27-20(24)16-9-10-18-15(12-16)7-5-11-22(18)28(2,25)26/h9-10,12,14,17H,3-8,11,13H2,1-2H3,(H,21,23)/t14-,17+/m1/s1. The molecule has 154 valence electrons. The van der Waals surface area contributed by atoms with E-state index in [0.717, 1.165) is 24.8 Å². The van der Waals surface area contributed by atoms with E-state index in [1.807, 2.05) is 0 Å². The third kappa shape index (κ3) is 4.84. The van der Waals surface area contributed by atoms with E-state index in [2.05, 4.69) is 12.2 Å². The van der Waals surface area contributed by atoms with E-state index in [1.165, 1.54) is 17.0 Å². The topological polar surface area (TPSA) is 92.8 Å². The number of hydrogen-bond donors (Lipinski definition) is 1. The number of esters is 1. The number of carbonyl (C=O) groups is 2. The Hall–Kier alpha value is -2.09. The lowest BCUT2D eigenvalue weighted by atomic mass is 9.86. The summed E-state index contributed by atoms with van der Waals surface area (Å²) in [6.45, 7) is 2.26. The molecule has 1 heterocycles. The Kier molecular flexibility index (Phi) is 6.27. The average Bonchev–Trinajstić information content (AvgIpc) is 2.66. The molecule has 3 rings (SSSR count). The van der Waals surface area contributed by atoms with Gasteiger partial charge in [0.25, 0.3) is 5.91 Å². The number of nitrogens with zero attached hydrogens (tertiary/aromatic N) is 1. The van der Waals surface area contributed by atoms with Crippen molar-refractivity contribution in [3.63, 3.8) is 0 Å². The van der Waals surface area contributed by atoms with Crippen LogP contribution in [0.15, 0.2) is 18.2 Å². The third-order valence-corrected chi connectivity index (χ3v) is 6.76. The van der Waals surface area contributed by atoms with Crippen LogP contribution in [0.5, 0.6) is 0 Å². The van der Waals surface area contributed by atoms with Crippen LogP contribution in [0.1, 0.15) is 54.9 Å². The maximum Gasteiger partial charge on any atom is 0.338 e. The molecule has 28 heavy (non-hydrogen) atoms. The lowest BCUT2D eigenvalue weighted by molar-refractivity contribution is -0.125. The molecular weight excluding hydrogens is 380 g/mol. The van der Waals surface area contributed by atoms with Crippen molar-refractivity contribution in [1.82, 2.24) is 5.32 Å². The molecule has 0 saturated heterocycles. The van der Waals surface area contributed by atoms with Crippen LogP contribution in [0, 0.1) is 5.92 Å². The zero-order valence-corrected chi connectivity index (χ0v) is 17.3. The molecule has 0 bridgehead atoms. The van der Waals surface area contributed by atoms with Gasteiger partial charge in [-0.1, -0.05) is 19.8 Å². The summed E-state index contributed by atoms with van der Waals surface area (Å²) < 4.78 is 30.4. The number of benzene rings is 1. The number of sulfonamides is 1. The summed E-state index contributed by atoms with van der Waals surface area (Å²) in [7, 11) is -3.35. The van der Waals surface area contributed by atoms with Crippen LogP contribution >= 0.6 is 0 Å². The zero-order valence-electron chi connectivity index (χ0n) is 16.4. The third-order valence-electron chi connectivity index (χ3n) is 5.58. The first-order chi connectivity index (χ1) is 13.3. The van der Waals surface area contributed by atoms with Crippen LogP contribution in [0.4, 0.5) is 5.69 Å². The van der Waals surface area contributed by atoms with Gasteiger partial charge in [0.05, 0.1) is 17.5 Å². The van der Waals surface area contributed by atoms with Gasteiger partial charge >= 0.3 is 5.97 Å². The van der Waals surface area contributed by atoms with Gasteiger partial charge in [-0.05, 0) is 55.4 Å². The van der Waals surface area contributed by atoms with Gasteiger partial charge in [-0.2, -0.15) is 0 Å². The average molecular weight is 409 g/mol. The number of hydrogen-bond acceptors (Lipinski definition) is 5. The number of ether oxygens (including phenoxy) is 1. The van der Waals surface area contributed by atoms with Crippen LogP contribution in [0.3, 0.4) is 0 Å². The molecule has 8 heteroatoms. The number of aryl methyl sites for hydroxylation is 1. The highest BCUT2D eigenvalue weighted by molar-refractivity contribution is 7.92. The summed E-state index contributed by atoms with van der Waals surface area (Å²) in [5.74, 6) is -0.425. The lowest BCUT2D eigenvalue weighted by Gasteiger charge is -2.29. The normalized spacial score (nSPS) is 22.3. The van der Waals surface area contributed by atoms with E-state index < -0.39 is 16.0 Å². The van der Waals surface area contributed by atoms with Crippen molar-refractivity contribution in [2.75, 3.05) is 23.7 Å². The van der Waals surface area contributed by atoms with E-state index in [0.29, 0.717) is 36.6 Å². The first kappa shape index (κ1) is 20.6. The number of rotatable bonds is 5. The molecule has 1 N–H and O–H groups in total. The summed E-state index contributed by atoms with van der Waals surface area (Å²) in [4.78, 5) is 24.5. The number of nitrogens with one attached hydrogen (secondary N) is 1. The summed E-state index contributed by atoms with van der Waals surface area (Å²) in [5, 5.41) is 2.96. The smallest absolute Gasteiger partial charge is 0.338 e. The molecule has 1 aliphatic carbocycles. The minimum Gasteiger partial charge on any atom is -0.452 e. The highest BCUT2D eigenvalue weighted by atomic mass is 32.2. The minimum atomic E-state index is -3.35. The fourth-order valence-electron chi connectivity index (χ4n) is 4.03. The molecule has 0 aromatic heterocycles. The predicted octanol–water partition coefficient (Wildman–Crippen LogP) is 2.25. The summed E-state index contributed by atoms with van der Waals surface area (Å²) in [6, 6.07) is 4.99. The lowest BCUT2D eigenvalue weighted by Crippen LogP contribution is -2.42. The van der Waals surface area contributed by atoms with Gasteiger partial charge in [0, 0.05) is 12.6 Å². The van der Waals surface area contributed by atoms with Gasteiger partial charge in [-0.15, -0.1) is 0 Å². The van der Waals surface area contributed by atoms with Crippen molar-refractivity contribution in [1.29, 1.82) is 0 Å². The van der Waals surface area contributed by atoms with Gasteiger partial charge in [-0.25, -0.2) is 13.2 Å². The number of carbonyl (C=O) groups excluding carboxylic acids is 2. The molecular formula is C20H28N2O5S. The molecule has 1 amide bonds.